The van der Waals surface area contributed by atoms with Crippen LogP contribution in [0.3, 0.4) is 0 Å². The minimum Gasteiger partial charge on any atom is -0.464 e. The average molecular weight is 338 g/mol. The Morgan fingerprint density at radius 2 is 1.78 bits per heavy atom. The van der Waals surface area contributed by atoms with Crippen molar-refractivity contribution in [3.8, 4) is 0 Å². The van der Waals surface area contributed by atoms with Gasteiger partial charge in [0.1, 0.15) is 5.60 Å². The third-order valence-electron chi connectivity index (χ3n) is 2.73. The molecule has 0 aliphatic rings. The molecule has 0 spiro atoms. The first kappa shape index (κ1) is 21.1. The summed E-state index contributed by atoms with van der Waals surface area (Å²) in [5.74, 6) is -1.99. The Balaban J connectivity index is 5.33. The fourth-order valence-electron chi connectivity index (χ4n) is 1.76. The molecule has 0 aromatic heterocycles. The number of esters is 1. The molecular formula is C14H24F2N2O5. The number of hydrogen-bond donors (Lipinski definition) is 2. The van der Waals surface area contributed by atoms with Gasteiger partial charge in [0.25, 0.3) is 6.43 Å². The summed E-state index contributed by atoms with van der Waals surface area (Å²) in [7, 11) is 0. The Morgan fingerprint density at radius 1 is 1.22 bits per heavy atom. The highest BCUT2D eigenvalue weighted by atomic mass is 19.3. The first-order valence-corrected chi connectivity index (χ1v) is 7.19. The Hall–Kier alpha value is -1.93. The zero-order valence-electron chi connectivity index (χ0n) is 13.8. The molecule has 0 rings (SSSR count). The van der Waals surface area contributed by atoms with Crippen LogP contribution in [0.25, 0.3) is 0 Å². The number of nitrogens with one attached hydrogen (secondary N) is 1. The van der Waals surface area contributed by atoms with Gasteiger partial charge in [0.15, 0.2) is 0 Å². The van der Waals surface area contributed by atoms with Crippen molar-refractivity contribution in [1.82, 2.24) is 5.32 Å². The Bertz CT molecular complexity index is 437. The summed E-state index contributed by atoms with van der Waals surface area (Å²) < 4.78 is 36.7. The number of hydrogen-bond acceptors (Lipinski definition) is 5. The molecule has 0 saturated heterocycles. The summed E-state index contributed by atoms with van der Waals surface area (Å²) in [5.41, 5.74) is 1.44. The van der Waals surface area contributed by atoms with Crippen molar-refractivity contribution in [2.45, 2.75) is 64.5 Å². The van der Waals surface area contributed by atoms with Gasteiger partial charge in [0, 0.05) is 6.42 Å². The van der Waals surface area contributed by atoms with Gasteiger partial charge < -0.3 is 20.5 Å². The standard InChI is InChI=1S/C14H24F2N2O5/c1-5-22-11(20)14(10(15)16,8-6-7-9(17)19)18-12(21)23-13(2,3)4/h10H,5-8H2,1-4H3,(H2,17,19)(H,18,21). The summed E-state index contributed by atoms with van der Waals surface area (Å²) >= 11 is 0. The SMILES string of the molecule is CCOC(=O)C(CCCC(N)=O)(NC(=O)OC(C)(C)C)C(F)F. The highest BCUT2D eigenvalue weighted by Crippen LogP contribution is 2.26. The van der Waals surface area contributed by atoms with Crippen molar-refractivity contribution in [3.05, 3.63) is 0 Å². The lowest BCUT2D eigenvalue weighted by Gasteiger charge is -2.32. The highest BCUT2D eigenvalue weighted by molar-refractivity contribution is 5.86. The van der Waals surface area contributed by atoms with E-state index in [1.54, 1.807) is 20.8 Å². The maximum atomic E-state index is 13.6. The van der Waals surface area contributed by atoms with E-state index in [-0.39, 0.29) is 19.4 Å². The van der Waals surface area contributed by atoms with Crippen molar-refractivity contribution in [1.29, 1.82) is 0 Å². The predicted octanol–water partition coefficient (Wildman–Crippen LogP) is 1.73. The van der Waals surface area contributed by atoms with Crippen LogP contribution in [0.5, 0.6) is 0 Å². The van der Waals surface area contributed by atoms with Crippen LogP contribution in [0.2, 0.25) is 0 Å². The molecule has 0 fully saturated rings. The summed E-state index contributed by atoms with van der Waals surface area (Å²) in [4.78, 5) is 34.6. The van der Waals surface area contributed by atoms with E-state index in [1.165, 1.54) is 6.92 Å². The first-order chi connectivity index (χ1) is 10.4. The molecule has 2 amide bonds. The van der Waals surface area contributed by atoms with Crippen LogP contribution in [0, 0.1) is 0 Å². The molecule has 1 unspecified atom stereocenters. The maximum Gasteiger partial charge on any atom is 0.408 e. The van der Waals surface area contributed by atoms with Crippen molar-refractivity contribution in [2.75, 3.05) is 6.61 Å². The maximum absolute atomic E-state index is 13.6. The van der Waals surface area contributed by atoms with Crippen molar-refractivity contribution < 1.29 is 32.6 Å². The molecule has 1 atom stereocenters. The van der Waals surface area contributed by atoms with E-state index in [2.05, 4.69) is 4.74 Å². The zero-order valence-corrected chi connectivity index (χ0v) is 13.8. The molecule has 23 heavy (non-hydrogen) atoms. The summed E-state index contributed by atoms with van der Waals surface area (Å²) in [6, 6.07) is 0. The number of amides is 2. The van der Waals surface area contributed by atoms with Crippen LogP contribution in [-0.2, 0) is 19.1 Å². The molecule has 0 bridgehead atoms. The molecule has 0 saturated carbocycles. The predicted molar refractivity (Wildman–Crippen MR) is 77.8 cm³/mol. The lowest BCUT2D eigenvalue weighted by atomic mass is 9.92. The Labute approximate surface area is 133 Å². The van der Waals surface area contributed by atoms with Gasteiger partial charge in [-0.1, -0.05) is 0 Å². The second-order valence-corrected chi connectivity index (χ2v) is 5.94. The lowest BCUT2D eigenvalue weighted by Crippen LogP contribution is -2.61. The minimum atomic E-state index is -3.25. The van der Waals surface area contributed by atoms with Crippen LogP contribution in [-0.4, -0.2) is 42.1 Å². The number of carbonyl (C=O) groups excluding carboxylic acids is 3. The number of halogens is 2. The molecule has 7 nitrogen and oxygen atoms in total. The fraction of sp³-hybridized carbons (Fsp3) is 0.786. The van der Waals surface area contributed by atoms with Gasteiger partial charge in [-0.3, -0.25) is 4.79 Å². The Kier molecular flexibility index (Phi) is 7.91. The van der Waals surface area contributed by atoms with Crippen molar-refractivity contribution in [3.63, 3.8) is 0 Å². The van der Waals surface area contributed by atoms with E-state index in [1.807, 2.05) is 5.32 Å². The van der Waals surface area contributed by atoms with E-state index in [4.69, 9.17) is 10.5 Å². The van der Waals surface area contributed by atoms with Crippen LogP contribution >= 0.6 is 0 Å². The fourth-order valence-corrected chi connectivity index (χ4v) is 1.76. The molecule has 134 valence electrons. The van der Waals surface area contributed by atoms with Crippen LogP contribution in [0.4, 0.5) is 13.6 Å². The first-order valence-electron chi connectivity index (χ1n) is 7.19. The van der Waals surface area contributed by atoms with Gasteiger partial charge in [-0.05, 0) is 40.5 Å². The van der Waals surface area contributed by atoms with Gasteiger partial charge in [0.05, 0.1) is 6.61 Å². The molecule has 0 aromatic rings. The average Bonchev–Trinajstić information content (AvgIpc) is 2.34. The molecule has 0 aromatic carbocycles. The van der Waals surface area contributed by atoms with E-state index < -0.39 is 42.0 Å². The largest absolute Gasteiger partial charge is 0.464 e. The van der Waals surface area contributed by atoms with Crippen LogP contribution < -0.4 is 11.1 Å². The third-order valence-corrected chi connectivity index (χ3v) is 2.73. The van der Waals surface area contributed by atoms with Gasteiger partial charge >= 0.3 is 12.1 Å². The van der Waals surface area contributed by atoms with Gasteiger partial charge in [0.2, 0.25) is 11.4 Å². The molecule has 0 aliphatic heterocycles. The highest BCUT2D eigenvalue weighted by Gasteiger charge is 2.50. The molecule has 0 aliphatic carbocycles. The smallest absolute Gasteiger partial charge is 0.408 e. The normalized spacial score (nSPS) is 14.0. The van der Waals surface area contributed by atoms with E-state index in [0.717, 1.165) is 0 Å². The van der Waals surface area contributed by atoms with Crippen LogP contribution in [0.15, 0.2) is 0 Å². The molecule has 3 N–H and O–H groups in total. The summed E-state index contributed by atoms with van der Waals surface area (Å²) in [6.07, 6.45) is -5.25. The van der Waals surface area contributed by atoms with Crippen molar-refractivity contribution in [2.24, 2.45) is 5.73 Å². The third kappa shape index (κ3) is 7.25. The number of ether oxygens (including phenoxy) is 2. The minimum absolute atomic E-state index is 0.117. The number of primary amides is 1. The monoisotopic (exact) mass is 338 g/mol. The lowest BCUT2D eigenvalue weighted by molar-refractivity contribution is -0.159. The van der Waals surface area contributed by atoms with Gasteiger partial charge in [-0.2, -0.15) is 0 Å². The topological polar surface area (TPSA) is 108 Å². The number of alkyl halides is 2. The van der Waals surface area contributed by atoms with Crippen LogP contribution in [0.1, 0.15) is 47.0 Å². The zero-order chi connectivity index (χ0) is 18.3. The second kappa shape index (κ2) is 8.64. The number of rotatable bonds is 8. The molecular weight excluding hydrogens is 314 g/mol. The number of alkyl carbamates (subject to hydrolysis) is 1. The van der Waals surface area contributed by atoms with Gasteiger partial charge in [-0.15, -0.1) is 0 Å². The van der Waals surface area contributed by atoms with Gasteiger partial charge in [-0.25, -0.2) is 18.4 Å². The molecule has 0 heterocycles. The molecule has 0 radical (unpaired) electrons. The summed E-state index contributed by atoms with van der Waals surface area (Å²) in [5, 5.41) is 1.91. The quantitative estimate of drug-likeness (QED) is 0.655. The van der Waals surface area contributed by atoms with E-state index >= 15 is 0 Å². The van der Waals surface area contributed by atoms with Crippen molar-refractivity contribution >= 4 is 18.0 Å². The van der Waals surface area contributed by atoms with E-state index in [0.29, 0.717) is 0 Å². The number of nitrogens with two attached hydrogens (primary N) is 1. The summed E-state index contributed by atoms with van der Waals surface area (Å²) in [6.45, 7) is 5.96. The number of carbonyl (C=O) groups is 3. The Morgan fingerprint density at radius 3 is 2.17 bits per heavy atom. The second-order valence-electron chi connectivity index (χ2n) is 5.94. The molecule has 9 heteroatoms. The van der Waals surface area contributed by atoms with E-state index in [9.17, 15) is 23.2 Å².